The van der Waals surface area contributed by atoms with Crippen molar-refractivity contribution in [3.63, 3.8) is 0 Å². The Morgan fingerprint density at radius 1 is 1.11 bits per heavy atom. The number of unbranched alkanes of at least 4 members (excludes halogenated alkanes) is 3. The lowest BCUT2D eigenvalue weighted by molar-refractivity contribution is 0.700. The first-order chi connectivity index (χ1) is 4.41. The van der Waals surface area contributed by atoms with Crippen molar-refractivity contribution >= 4 is 15.1 Å². The van der Waals surface area contributed by atoms with E-state index in [0.717, 1.165) is 6.32 Å². The molecule has 0 fully saturated rings. The predicted molar refractivity (Wildman–Crippen MR) is 45.5 cm³/mol. The number of hydrogen-bond acceptors (Lipinski definition) is 0. The maximum atomic E-state index is 5.34. The molecule has 0 aliphatic carbocycles. The Morgan fingerprint density at radius 3 is 2.33 bits per heavy atom. The van der Waals surface area contributed by atoms with Gasteiger partial charge in [-0.1, -0.05) is 45.1 Å². The molecule has 0 aromatic carbocycles. The molecule has 0 aliphatic heterocycles. The molecule has 3 radical (unpaired) electrons. The first-order valence-electron chi connectivity index (χ1n) is 3.89. The van der Waals surface area contributed by atoms with E-state index < -0.39 is 0 Å². The fourth-order valence-corrected chi connectivity index (χ4v) is 0.846. The minimum absolute atomic E-state index is 0.857. The van der Waals surface area contributed by atoms with Crippen LogP contribution in [0.4, 0.5) is 0 Å². The Kier molecular flexibility index (Phi) is 8.25. The minimum atomic E-state index is 0.857. The van der Waals surface area contributed by atoms with Gasteiger partial charge in [-0.15, -0.1) is 0 Å². The Labute approximate surface area is 61.1 Å². The summed E-state index contributed by atoms with van der Waals surface area (Å²) >= 11 is 0. The fourth-order valence-electron chi connectivity index (χ4n) is 0.846. The van der Waals surface area contributed by atoms with Crippen LogP contribution in [0.1, 0.15) is 25.7 Å². The van der Waals surface area contributed by atoms with Gasteiger partial charge in [-0.25, -0.2) is 0 Å². The third-order valence-electron chi connectivity index (χ3n) is 1.45. The quantitative estimate of drug-likeness (QED) is 0.373. The van der Waals surface area contributed by atoms with Crippen LogP contribution in [0.2, 0.25) is 19.5 Å². The molecule has 0 amide bonds. The van der Waals surface area contributed by atoms with Crippen LogP contribution in [-0.2, 0) is 0 Å². The second kappa shape index (κ2) is 8.13. The van der Waals surface area contributed by atoms with Crippen molar-refractivity contribution in [2.75, 3.05) is 0 Å². The van der Waals surface area contributed by atoms with Gasteiger partial charge in [0.15, 0.2) is 0 Å². The molecule has 0 saturated heterocycles. The van der Waals surface area contributed by atoms with Gasteiger partial charge in [0.2, 0.25) is 0 Å². The summed E-state index contributed by atoms with van der Waals surface area (Å²) in [6, 6.07) is 0. The summed E-state index contributed by atoms with van der Waals surface area (Å²) in [5.74, 6) is 0. The highest BCUT2D eigenvalue weighted by Crippen LogP contribution is 2.03. The maximum absolute atomic E-state index is 5.34. The van der Waals surface area contributed by atoms with Crippen LogP contribution in [0.15, 0.2) is 0 Å². The van der Waals surface area contributed by atoms with Gasteiger partial charge in [-0.05, 0) is 0 Å². The van der Waals surface area contributed by atoms with Crippen molar-refractivity contribution in [1.29, 1.82) is 0 Å². The van der Waals surface area contributed by atoms with E-state index in [1.54, 1.807) is 0 Å². The normalized spacial score (nSPS) is 9.44. The van der Waals surface area contributed by atoms with Crippen LogP contribution in [0.5, 0.6) is 0 Å². The molecule has 0 nitrogen and oxygen atoms in total. The largest absolute Gasteiger partial charge is 0.105 e. The Balaban J connectivity index is 2.60. The molecule has 0 atom stereocenters. The average Bonchev–Trinajstić information content (AvgIpc) is 1.89. The minimum Gasteiger partial charge on any atom is -0.0920 e. The molecule has 0 unspecified atom stereocenters. The predicted octanol–water partition coefficient (Wildman–Crippen LogP) is 2.30. The van der Waals surface area contributed by atoms with Gasteiger partial charge < -0.3 is 0 Å². The van der Waals surface area contributed by atoms with E-state index in [1.165, 1.54) is 32.0 Å². The lowest BCUT2D eigenvalue weighted by atomic mass is 9.76. The van der Waals surface area contributed by atoms with Crippen molar-refractivity contribution in [2.24, 2.45) is 0 Å². The Morgan fingerprint density at radius 2 is 1.78 bits per heavy atom. The van der Waals surface area contributed by atoms with Crippen LogP contribution in [0.25, 0.3) is 0 Å². The second-order valence-electron chi connectivity index (χ2n) is 2.40. The van der Waals surface area contributed by atoms with E-state index in [0.29, 0.717) is 0 Å². The van der Waals surface area contributed by atoms with Crippen molar-refractivity contribution in [2.45, 2.75) is 45.1 Å². The molecule has 0 aromatic heterocycles. The maximum Gasteiger partial charge on any atom is 0.105 e. The lowest BCUT2D eigenvalue weighted by Crippen LogP contribution is -1.81. The van der Waals surface area contributed by atoms with Crippen molar-refractivity contribution in [3.05, 3.63) is 0 Å². The first-order valence-corrected chi connectivity index (χ1v) is 3.89. The summed E-state index contributed by atoms with van der Waals surface area (Å²) < 4.78 is 0. The van der Waals surface area contributed by atoms with Crippen molar-refractivity contribution in [1.82, 2.24) is 0 Å². The van der Waals surface area contributed by atoms with Crippen LogP contribution in [0, 0.1) is 0 Å². The van der Waals surface area contributed by atoms with E-state index in [4.69, 9.17) is 7.85 Å². The third-order valence-corrected chi connectivity index (χ3v) is 1.45. The van der Waals surface area contributed by atoms with Gasteiger partial charge in [0.25, 0.3) is 0 Å². The number of hydrogen-bond donors (Lipinski definition) is 0. The molecule has 9 heavy (non-hydrogen) atoms. The monoisotopic (exact) mass is 121 g/mol. The zero-order valence-corrected chi connectivity index (χ0v) is 6.40. The third kappa shape index (κ3) is 8.13. The summed E-state index contributed by atoms with van der Waals surface area (Å²) in [5.41, 5.74) is 0. The van der Waals surface area contributed by atoms with Crippen LogP contribution in [0.3, 0.4) is 0 Å². The van der Waals surface area contributed by atoms with Gasteiger partial charge in [-0.3, -0.25) is 0 Å². The summed E-state index contributed by atoms with van der Waals surface area (Å²) in [7, 11) is 7.56. The second-order valence-corrected chi connectivity index (χ2v) is 2.40. The molecule has 0 heterocycles. The highest BCUT2D eigenvalue weighted by molar-refractivity contribution is 6.33. The fraction of sp³-hybridized carbons (Fsp3) is 1.00. The molecule has 0 bridgehead atoms. The molecule has 0 spiro atoms. The van der Waals surface area contributed by atoms with Crippen molar-refractivity contribution in [3.8, 4) is 0 Å². The molecule has 2 heteroatoms. The van der Waals surface area contributed by atoms with Crippen LogP contribution < -0.4 is 0 Å². The SMILES string of the molecule is [B]CCCCCC[B]C. The summed E-state index contributed by atoms with van der Waals surface area (Å²) in [6.45, 7) is 2.11. The van der Waals surface area contributed by atoms with E-state index in [1.807, 2.05) is 0 Å². The molecule has 0 aliphatic rings. The highest BCUT2D eigenvalue weighted by atomic mass is 13.9. The van der Waals surface area contributed by atoms with Gasteiger partial charge in [0.05, 0.1) is 7.85 Å². The molecule has 0 aromatic rings. The summed E-state index contributed by atoms with van der Waals surface area (Å²) in [6.07, 6.45) is 7.33. The Bertz CT molecular complexity index is 40.2. The molecule has 0 rings (SSSR count). The molecule has 49 valence electrons. The van der Waals surface area contributed by atoms with E-state index in [-0.39, 0.29) is 0 Å². The summed E-state index contributed by atoms with van der Waals surface area (Å²) in [5, 5.41) is 0. The van der Waals surface area contributed by atoms with Gasteiger partial charge >= 0.3 is 0 Å². The smallest absolute Gasteiger partial charge is 0.0920 e. The standard InChI is InChI=1S/C7H15B2/c1-9-7-5-3-2-4-6-8/h2-7H2,1H3. The Hall–Kier alpha value is 0.130. The van der Waals surface area contributed by atoms with Gasteiger partial charge in [-0.2, -0.15) is 0 Å². The first kappa shape index (κ1) is 9.13. The summed E-state index contributed by atoms with van der Waals surface area (Å²) in [4.78, 5) is 0. The van der Waals surface area contributed by atoms with E-state index in [2.05, 4.69) is 14.1 Å². The molecule has 0 saturated carbocycles. The van der Waals surface area contributed by atoms with E-state index in [9.17, 15) is 0 Å². The van der Waals surface area contributed by atoms with Gasteiger partial charge in [0, 0.05) is 0 Å². The van der Waals surface area contributed by atoms with E-state index >= 15 is 0 Å². The zero-order chi connectivity index (χ0) is 6.95. The van der Waals surface area contributed by atoms with Crippen LogP contribution >= 0.6 is 0 Å². The molecular formula is C7H15B2. The van der Waals surface area contributed by atoms with Gasteiger partial charge in [0.1, 0.15) is 7.28 Å². The number of rotatable bonds is 6. The average molecular weight is 121 g/mol. The molecular weight excluding hydrogens is 106 g/mol. The highest BCUT2D eigenvalue weighted by Gasteiger charge is 1.86. The van der Waals surface area contributed by atoms with Crippen LogP contribution in [-0.4, -0.2) is 15.1 Å². The van der Waals surface area contributed by atoms with Crippen molar-refractivity contribution < 1.29 is 0 Å². The molecule has 0 N–H and O–H groups in total. The topological polar surface area (TPSA) is 0 Å². The zero-order valence-electron chi connectivity index (χ0n) is 6.40. The lowest BCUT2D eigenvalue weighted by Gasteiger charge is -1.95.